The minimum atomic E-state index is -3.72. The second-order valence-electron chi connectivity index (χ2n) is 3.94. The molecule has 102 valence electrons. The second-order valence-corrected chi connectivity index (χ2v) is 6.88. The third kappa shape index (κ3) is 3.68. The van der Waals surface area contributed by atoms with Crippen molar-refractivity contribution in [3.63, 3.8) is 0 Å². The van der Waals surface area contributed by atoms with E-state index in [0.29, 0.717) is 6.42 Å². The van der Waals surface area contributed by atoms with Crippen molar-refractivity contribution < 1.29 is 13.5 Å². The maximum atomic E-state index is 12.1. The second kappa shape index (κ2) is 6.34. The number of aliphatic hydroxyl groups excluding tert-OH is 1. The summed E-state index contributed by atoms with van der Waals surface area (Å²) in [4.78, 5) is 0.0248. The average Bonchev–Trinajstić information content (AvgIpc) is 2.30. The number of sulfonamides is 1. The Labute approximate surface area is 121 Å². The van der Waals surface area contributed by atoms with Crippen LogP contribution in [0.2, 0.25) is 5.02 Å². The lowest BCUT2D eigenvalue weighted by Gasteiger charge is -2.15. The quantitative estimate of drug-likeness (QED) is 0.851. The number of aryl methyl sites for hydroxylation is 1. The molecule has 0 spiro atoms. The smallest absolute Gasteiger partial charge is 0.242 e. The summed E-state index contributed by atoms with van der Waals surface area (Å²) in [5, 5.41) is 9.18. The van der Waals surface area contributed by atoms with E-state index in [-0.39, 0.29) is 16.5 Å². The number of rotatable bonds is 5. The summed E-state index contributed by atoms with van der Waals surface area (Å²) in [6.45, 7) is 3.32. The molecule has 0 aliphatic heterocycles. The molecular weight excluding hydrogens is 342 g/mol. The van der Waals surface area contributed by atoms with Gasteiger partial charge in [-0.05, 0) is 31.0 Å². The first-order valence-corrected chi connectivity index (χ1v) is 8.06. The summed E-state index contributed by atoms with van der Waals surface area (Å²) in [6, 6.07) is 2.54. The van der Waals surface area contributed by atoms with Crippen molar-refractivity contribution in [1.29, 1.82) is 0 Å². The molecule has 0 aliphatic carbocycles. The third-order valence-corrected chi connectivity index (χ3v) is 5.38. The average molecular weight is 357 g/mol. The highest BCUT2D eigenvalue weighted by Gasteiger charge is 2.22. The zero-order chi connectivity index (χ0) is 13.9. The largest absolute Gasteiger partial charge is 0.395 e. The molecule has 0 bridgehead atoms. The summed E-state index contributed by atoms with van der Waals surface area (Å²) < 4.78 is 27.4. The first-order valence-electron chi connectivity index (χ1n) is 5.40. The summed E-state index contributed by atoms with van der Waals surface area (Å²) in [5.74, 6) is 0. The Bertz CT molecular complexity index is 529. The van der Waals surface area contributed by atoms with Gasteiger partial charge in [-0.1, -0.05) is 34.5 Å². The molecule has 4 nitrogen and oxygen atoms in total. The Morgan fingerprint density at radius 1 is 1.50 bits per heavy atom. The highest BCUT2D eigenvalue weighted by atomic mass is 79.9. The van der Waals surface area contributed by atoms with Crippen molar-refractivity contribution >= 4 is 37.6 Å². The topological polar surface area (TPSA) is 66.4 Å². The van der Waals surface area contributed by atoms with Crippen LogP contribution in [-0.4, -0.2) is 26.2 Å². The van der Waals surface area contributed by atoms with Crippen molar-refractivity contribution in [1.82, 2.24) is 4.72 Å². The molecule has 0 aromatic heterocycles. The molecular formula is C11H15BrClNO3S. The van der Waals surface area contributed by atoms with Crippen LogP contribution in [0, 0.1) is 6.92 Å². The number of hydrogen-bond acceptors (Lipinski definition) is 3. The van der Waals surface area contributed by atoms with Crippen molar-refractivity contribution in [2.75, 3.05) is 6.61 Å². The van der Waals surface area contributed by atoms with Gasteiger partial charge < -0.3 is 5.11 Å². The molecule has 0 heterocycles. The highest BCUT2D eigenvalue weighted by Crippen LogP contribution is 2.28. The van der Waals surface area contributed by atoms with Gasteiger partial charge in [0.15, 0.2) is 0 Å². The lowest BCUT2D eigenvalue weighted by Crippen LogP contribution is -2.37. The number of halogens is 2. The van der Waals surface area contributed by atoms with Crippen molar-refractivity contribution in [3.05, 3.63) is 27.2 Å². The molecule has 0 saturated carbocycles. The van der Waals surface area contributed by atoms with Gasteiger partial charge >= 0.3 is 0 Å². The Balaban J connectivity index is 3.16. The molecule has 1 aromatic carbocycles. The molecule has 7 heteroatoms. The van der Waals surface area contributed by atoms with E-state index in [0.717, 1.165) is 10.0 Å². The zero-order valence-electron chi connectivity index (χ0n) is 10.1. The Kier molecular flexibility index (Phi) is 5.61. The summed E-state index contributed by atoms with van der Waals surface area (Å²) >= 11 is 9.23. The molecule has 1 atom stereocenters. The van der Waals surface area contributed by atoms with Gasteiger partial charge in [-0.3, -0.25) is 0 Å². The van der Waals surface area contributed by atoms with Gasteiger partial charge in [0.2, 0.25) is 10.0 Å². The van der Waals surface area contributed by atoms with Gasteiger partial charge in [-0.15, -0.1) is 0 Å². The highest BCUT2D eigenvalue weighted by molar-refractivity contribution is 9.10. The number of aliphatic hydroxyl groups is 1. The maximum Gasteiger partial charge on any atom is 0.242 e. The Morgan fingerprint density at radius 2 is 2.11 bits per heavy atom. The zero-order valence-corrected chi connectivity index (χ0v) is 13.2. The number of nitrogens with one attached hydrogen (secondary N) is 1. The lowest BCUT2D eigenvalue weighted by atomic mass is 10.2. The SMILES string of the molecule is CCC(CO)NS(=O)(=O)c1cc(C)c(Br)cc1Cl. The van der Waals surface area contributed by atoms with Gasteiger partial charge in [0, 0.05) is 10.5 Å². The monoisotopic (exact) mass is 355 g/mol. The molecule has 1 unspecified atom stereocenters. The summed E-state index contributed by atoms with van der Waals surface area (Å²) in [6.07, 6.45) is 0.503. The summed E-state index contributed by atoms with van der Waals surface area (Å²) in [5.41, 5.74) is 0.775. The molecule has 0 fully saturated rings. The van der Waals surface area contributed by atoms with Crippen LogP contribution in [0.1, 0.15) is 18.9 Å². The van der Waals surface area contributed by atoms with E-state index in [1.807, 2.05) is 0 Å². The van der Waals surface area contributed by atoms with Crippen LogP contribution in [0.25, 0.3) is 0 Å². The minimum Gasteiger partial charge on any atom is -0.395 e. The predicted octanol–water partition coefficient (Wildman–Crippen LogP) is 2.46. The molecule has 2 N–H and O–H groups in total. The fraction of sp³-hybridized carbons (Fsp3) is 0.455. The van der Waals surface area contributed by atoms with Gasteiger partial charge in [0.05, 0.1) is 11.6 Å². The number of hydrogen-bond donors (Lipinski definition) is 2. The van der Waals surface area contributed by atoms with Gasteiger partial charge in [-0.2, -0.15) is 0 Å². The first-order chi connectivity index (χ1) is 8.31. The minimum absolute atomic E-state index is 0.0248. The Hall–Kier alpha value is -0.140. The van der Waals surface area contributed by atoms with Crippen LogP contribution in [0.4, 0.5) is 0 Å². The third-order valence-electron chi connectivity index (χ3n) is 2.54. The fourth-order valence-electron chi connectivity index (χ4n) is 1.37. The first kappa shape index (κ1) is 15.9. The molecule has 1 aromatic rings. The molecule has 0 radical (unpaired) electrons. The van der Waals surface area contributed by atoms with Crippen molar-refractivity contribution in [2.24, 2.45) is 0 Å². The standard InChI is InChI=1S/C11H15BrClNO3S/c1-3-8(6-15)14-18(16,17)11-4-7(2)9(12)5-10(11)13/h4-5,8,14-15H,3,6H2,1-2H3. The van der Waals surface area contributed by atoms with E-state index in [2.05, 4.69) is 20.7 Å². The Morgan fingerprint density at radius 3 is 2.61 bits per heavy atom. The van der Waals surface area contributed by atoms with Crippen LogP contribution in [0.3, 0.4) is 0 Å². The van der Waals surface area contributed by atoms with Crippen LogP contribution < -0.4 is 4.72 Å². The van der Waals surface area contributed by atoms with E-state index >= 15 is 0 Å². The maximum absolute atomic E-state index is 12.1. The van der Waals surface area contributed by atoms with E-state index in [9.17, 15) is 8.42 Å². The van der Waals surface area contributed by atoms with Gasteiger partial charge in [-0.25, -0.2) is 13.1 Å². The molecule has 1 rings (SSSR count). The van der Waals surface area contributed by atoms with E-state index < -0.39 is 16.1 Å². The van der Waals surface area contributed by atoms with Gasteiger partial charge in [0.1, 0.15) is 4.90 Å². The molecule has 18 heavy (non-hydrogen) atoms. The van der Waals surface area contributed by atoms with Crippen molar-refractivity contribution in [3.8, 4) is 0 Å². The molecule has 0 aliphatic rings. The predicted molar refractivity (Wildman–Crippen MR) is 75.4 cm³/mol. The van der Waals surface area contributed by atoms with E-state index in [1.54, 1.807) is 19.9 Å². The fourth-order valence-corrected chi connectivity index (χ4v) is 3.77. The van der Waals surface area contributed by atoms with Gasteiger partial charge in [0.25, 0.3) is 0 Å². The van der Waals surface area contributed by atoms with Crippen LogP contribution in [0.15, 0.2) is 21.5 Å². The number of benzene rings is 1. The lowest BCUT2D eigenvalue weighted by molar-refractivity contribution is 0.254. The van der Waals surface area contributed by atoms with E-state index in [1.165, 1.54) is 6.07 Å². The van der Waals surface area contributed by atoms with Crippen LogP contribution in [0.5, 0.6) is 0 Å². The molecule has 0 saturated heterocycles. The molecule has 0 amide bonds. The van der Waals surface area contributed by atoms with Crippen molar-refractivity contribution in [2.45, 2.75) is 31.2 Å². The van der Waals surface area contributed by atoms with Crippen LogP contribution in [-0.2, 0) is 10.0 Å². The van der Waals surface area contributed by atoms with E-state index in [4.69, 9.17) is 16.7 Å². The normalized spacial score (nSPS) is 13.6. The summed E-state index contributed by atoms with van der Waals surface area (Å²) in [7, 11) is -3.72. The van der Waals surface area contributed by atoms with Crippen LogP contribution >= 0.6 is 27.5 Å².